The molecule has 2 N–H and O–H groups in total. The maximum absolute atomic E-state index is 12.0. The molecule has 0 atom stereocenters. The number of nitrogens with zero attached hydrogens (tertiary/aromatic N) is 1. The van der Waals surface area contributed by atoms with Crippen LogP contribution in [0, 0.1) is 11.8 Å². The summed E-state index contributed by atoms with van der Waals surface area (Å²) in [5.74, 6) is 1.22. The SMILES string of the molecule is CC(C)N(C)C(=O)C1CCC(CN)CC1. The lowest BCUT2D eigenvalue weighted by atomic mass is 9.81. The third-order valence-corrected chi connectivity index (χ3v) is 3.65. The van der Waals surface area contributed by atoms with Gasteiger partial charge in [-0.05, 0) is 52.0 Å². The fourth-order valence-corrected chi connectivity index (χ4v) is 2.19. The normalized spacial score (nSPS) is 26.7. The Morgan fingerprint density at radius 3 is 2.27 bits per heavy atom. The Morgan fingerprint density at radius 2 is 1.87 bits per heavy atom. The summed E-state index contributed by atoms with van der Waals surface area (Å²) in [6.45, 7) is 4.90. The molecule has 0 unspecified atom stereocenters. The van der Waals surface area contributed by atoms with Crippen molar-refractivity contribution in [3.05, 3.63) is 0 Å². The molecule has 1 amide bonds. The van der Waals surface area contributed by atoms with Crippen LogP contribution < -0.4 is 5.73 Å². The molecule has 0 aliphatic heterocycles. The molecule has 1 fully saturated rings. The zero-order valence-electron chi connectivity index (χ0n) is 10.2. The van der Waals surface area contributed by atoms with Crippen LogP contribution in [0.3, 0.4) is 0 Å². The first-order valence-electron chi connectivity index (χ1n) is 6.03. The van der Waals surface area contributed by atoms with E-state index in [1.165, 1.54) is 0 Å². The third kappa shape index (κ3) is 3.20. The van der Waals surface area contributed by atoms with Gasteiger partial charge < -0.3 is 10.6 Å². The molecule has 0 aromatic carbocycles. The lowest BCUT2D eigenvalue weighted by molar-refractivity contribution is -0.137. The molecule has 3 heteroatoms. The van der Waals surface area contributed by atoms with Crippen LogP contribution in [0.15, 0.2) is 0 Å². The van der Waals surface area contributed by atoms with Crippen LogP contribution >= 0.6 is 0 Å². The van der Waals surface area contributed by atoms with Crippen molar-refractivity contribution in [1.29, 1.82) is 0 Å². The zero-order valence-corrected chi connectivity index (χ0v) is 10.2. The lowest BCUT2D eigenvalue weighted by Gasteiger charge is -2.31. The van der Waals surface area contributed by atoms with Crippen molar-refractivity contribution in [1.82, 2.24) is 4.90 Å². The molecule has 0 aromatic heterocycles. The molecule has 0 bridgehead atoms. The minimum Gasteiger partial charge on any atom is -0.343 e. The van der Waals surface area contributed by atoms with Crippen LogP contribution in [0.5, 0.6) is 0 Å². The smallest absolute Gasteiger partial charge is 0.225 e. The highest BCUT2D eigenvalue weighted by Crippen LogP contribution is 2.29. The second kappa shape index (κ2) is 5.50. The summed E-state index contributed by atoms with van der Waals surface area (Å²) >= 11 is 0. The highest BCUT2D eigenvalue weighted by Gasteiger charge is 2.28. The van der Waals surface area contributed by atoms with Gasteiger partial charge in [0.1, 0.15) is 0 Å². The van der Waals surface area contributed by atoms with Crippen LogP contribution in [0.2, 0.25) is 0 Å². The van der Waals surface area contributed by atoms with Gasteiger partial charge in [-0.1, -0.05) is 0 Å². The number of hydrogen-bond acceptors (Lipinski definition) is 2. The van der Waals surface area contributed by atoms with E-state index in [1.807, 2.05) is 11.9 Å². The summed E-state index contributed by atoms with van der Waals surface area (Å²) in [7, 11) is 1.90. The van der Waals surface area contributed by atoms with Gasteiger partial charge in [-0.25, -0.2) is 0 Å². The molecule has 0 aromatic rings. The van der Waals surface area contributed by atoms with E-state index in [-0.39, 0.29) is 5.92 Å². The van der Waals surface area contributed by atoms with Crippen molar-refractivity contribution in [3.8, 4) is 0 Å². The van der Waals surface area contributed by atoms with Crippen molar-refractivity contribution >= 4 is 5.91 Å². The third-order valence-electron chi connectivity index (χ3n) is 3.65. The first-order valence-corrected chi connectivity index (χ1v) is 6.03. The number of carbonyl (C=O) groups excluding carboxylic acids is 1. The molecule has 1 aliphatic rings. The fourth-order valence-electron chi connectivity index (χ4n) is 2.19. The number of hydrogen-bond donors (Lipinski definition) is 1. The molecule has 1 saturated carbocycles. The quantitative estimate of drug-likeness (QED) is 0.772. The van der Waals surface area contributed by atoms with Gasteiger partial charge in [-0.2, -0.15) is 0 Å². The second-order valence-electron chi connectivity index (χ2n) is 5.00. The predicted molar refractivity (Wildman–Crippen MR) is 62.4 cm³/mol. The summed E-state index contributed by atoms with van der Waals surface area (Å²) in [6, 6.07) is 0.310. The van der Waals surface area contributed by atoms with E-state index < -0.39 is 0 Å². The van der Waals surface area contributed by atoms with Crippen LogP contribution in [0.4, 0.5) is 0 Å². The van der Waals surface area contributed by atoms with Crippen molar-refractivity contribution in [2.45, 2.75) is 45.6 Å². The fraction of sp³-hybridized carbons (Fsp3) is 0.917. The Labute approximate surface area is 93.0 Å². The molecule has 0 radical (unpaired) electrons. The first-order chi connectivity index (χ1) is 7.06. The Morgan fingerprint density at radius 1 is 1.33 bits per heavy atom. The minimum atomic E-state index is 0.250. The van der Waals surface area contributed by atoms with Gasteiger partial charge in [0, 0.05) is 19.0 Å². The molecule has 3 nitrogen and oxygen atoms in total. The highest BCUT2D eigenvalue weighted by molar-refractivity contribution is 5.78. The van der Waals surface area contributed by atoms with Gasteiger partial charge >= 0.3 is 0 Å². The number of nitrogens with two attached hydrogens (primary N) is 1. The molecule has 15 heavy (non-hydrogen) atoms. The molecule has 0 heterocycles. The van der Waals surface area contributed by atoms with Crippen molar-refractivity contribution < 1.29 is 4.79 Å². The first kappa shape index (κ1) is 12.5. The average molecular weight is 212 g/mol. The maximum Gasteiger partial charge on any atom is 0.225 e. The predicted octanol–water partition coefficient (Wildman–Crippen LogP) is 1.62. The molecule has 88 valence electrons. The van der Waals surface area contributed by atoms with Crippen LogP contribution in [-0.4, -0.2) is 30.4 Å². The van der Waals surface area contributed by atoms with E-state index in [2.05, 4.69) is 13.8 Å². The topological polar surface area (TPSA) is 46.3 Å². The highest BCUT2D eigenvalue weighted by atomic mass is 16.2. The summed E-state index contributed by atoms with van der Waals surface area (Å²) < 4.78 is 0. The van der Waals surface area contributed by atoms with Gasteiger partial charge in [0.15, 0.2) is 0 Å². The van der Waals surface area contributed by atoms with Gasteiger partial charge in [0.05, 0.1) is 0 Å². The largest absolute Gasteiger partial charge is 0.343 e. The van der Waals surface area contributed by atoms with Gasteiger partial charge in [0.2, 0.25) is 5.91 Å². The number of amides is 1. The second-order valence-corrected chi connectivity index (χ2v) is 5.00. The van der Waals surface area contributed by atoms with Gasteiger partial charge in [0.25, 0.3) is 0 Å². The van der Waals surface area contributed by atoms with E-state index >= 15 is 0 Å². The van der Waals surface area contributed by atoms with Crippen LogP contribution in [0.1, 0.15) is 39.5 Å². The molecule has 0 saturated heterocycles. The van der Waals surface area contributed by atoms with Crippen LogP contribution in [0.25, 0.3) is 0 Å². The minimum absolute atomic E-state index is 0.250. The molecule has 1 aliphatic carbocycles. The van der Waals surface area contributed by atoms with E-state index in [0.29, 0.717) is 17.9 Å². The Bertz CT molecular complexity index is 208. The van der Waals surface area contributed by atoms with Crippen molar-refractivity contribution in [2.75, 3.05) is 13.6 Å². The van der Waals surface area contributed by atoms with E-state index in [1.54, 1.807) is 0 Å². The standard InChI is InChI=1S/C12H24N2O/c1-9(2)14(3)12(15)11-6-4-10(8-13)5-7-11/h9-11H,4-8,13H2,1-3H3. The van der Waals surface area contributed by atoms with E-state index in [4.69, 9.17) is 5.73 Å². The Balaban J connectivity index is 2.42. The van der Waals surface area contributed by atoms with E-state index in [9.17, 15) is 4.79 Å². The molecular weight excluding hydrogens is 188 g/mol. The summed E-state index contributed by atoms with van der Waals surface area (Å²) in [6.07, 6.45) is 4.30. The summed E-state index contributed by atoms with van der Waals surface area (Å²) in [4.78, 5) is 13.9. The summed E-state index contributed by atoms with van der Waals surface area (Å²) in [5.41, 5.74) is 5.64. The van der Waals surface area contributed by atoms with Gasteiger partial charge in [-0.15, -0.1) is 0 Å². The molecule has 0 spiro atoms. The maximum atomic E-state index is 12.0. The van der Waals surface area contributed by atoms with Crippen molar-refractivity contribution in [2.24, 2.45) is 17.6 Å². The van der Waals surface area contributed by atoms with E-state index in [0.717, 1.165) is 32.2 Å². The average Bonchev–Trinajstić information content (AvgIpc) is 2.27. The van der Waals surface area contributed by atoms with Crippen molar-refractivity contribution in [3.63, 3.8) is 0 Å². The lowest BCUT2D eigenvalue weighted by Crippen LogP contribution is -2.39. The Kier molecular flexibility index (Phi) is 4.58. The Hall–Kier alpha value is -0.570. The number of carbonyl (C=O) groups is 1. The summed E-state index contributed by atoms with van der Waals surface area (Å²) in [5, 5.41) is 0. The molecule has 1 rings (SSSR count). The zero-order chi connectivity index (χ0) is 11.4. The number of rotatable bonds is 3. The molecular formula is C12H24N2O. The van der Waals surface area contributed by atoms with Gasteiger partial charge in [-0.3, -0.25) is 4.79 Å². The van der Waals surface area contributed by atoms with Crippen LogP contribution in [-0.2, 0) is 4.79 Å². The monoisotopic (exact) mass is 212 g/mol.